The molecule has 0 aliphatic heterocycles. The summed E-state index contributed by atoms with van der Waals surface area (Å²) < 4.78 is 0. The molecule has 0 aromatic rings. The zero-order chi connectivity index (χ0) is 12.8. The lowest BCUT2D eigenvalue weighted by molar-refractivity contribution is -0.137. The summed E-state index contributed by atoms with van der Waals surface area (Å²) in [6.45, 7) is 0.211. The number of urea groups is 1. The Morgan fingerprint density at radius 1 is 1.41 bits per heavy atom. The van der Waals surface area contributed by atoms with Gasteiger partial charge in [0.2, 0.25) is 0 Å². The lowest BCUT2D eigenvalue weighted by Crippen LogP contribution is -2.52. The smallest absolute Gasteiger partial charge is 0.317 e. The molecule has 98 valence electrons. The highest BCUT2D eigenvalue weighted by Gasteiger charge is 2.24. The molecule has 2 atom stereocenters. The van der Waals surface area contributed by atoms with Gasteiger partial charge in [-0.3, -0.25) is 4.79 Å². The van der Waals surface area contributed by atoms with Crippen LogP contribution < -0.4 is 11.1 Å². The number of carboxylic acid groups (broad SMARTS) is 1. The number of rotatable bonds is 4. The van der Waals surface area contributed by atoms with Gasteiger partial charge in [0.05, 0.1) is 6.42 Å². The van der Waals surface area contributed by atoms with Crippen molar-refractivity contribution < 1.29 is 14.7 Å². The van der Waals surface area contributed by atoms with Crippen LogP contribution in [0.2, 0.25) is 0 Å². The Kier molecular flexibility index (Phi) is 5.21. The monoisotopic (exact) mass is 243 g/mol. The van der Waals surface area contributed by atoms with Crippen LogP contribution in [0.15, 0.2) is 0 Å². The third-order valence-electron chi connectivity index (χ3n) is 3.14. The molecule has 6 nitrogen and oxygen atoms in total. The van der Waals surface area contributed by atoms with Crippen LogP contribution in [0.1, 0.15) is 32.1 Å². The largest absolute Gasteiger partial charge is 0.481 e. The molecule has 0 bridgehead atoms. The van der Waals surface area contributed by atoms with E-state index in [2.05, 4.69) is 5.32 Å². The summed E-state index contributed by atoms with van der Waals surface area (Å²) in [7, 11) is 1.59. The topological polar surface area (TPSA) is 95.7 Å². The highest BCUT2D eigenvalue weighted by Crippen LogP contribution is 2.16. The van der Waals surface area contributed by atoms with Gasteiger partial charge in [-0.25, -0.2) is 4.79 Å². The minimum absolute atomic E-state index is 0.0144. The Labute approximate surface area is 101 Å². The zero-order valence-corrected chi connectivity index (χ0v) is 10.2. The normalized spacial score (nSPS) is 24.1. The Morgan fingerprint density at radius 2 is 2.06 bits per heavy atom. The molecule has 4 N–H and O–H groups in total. The standard InChI is InChI=1S/C11H21N3O3/c1-14(7-6-10(15)16)11(17)13-9-5-3-2-4-8(9)12/h8-9H,2-7,12H2,1H3,(H,13,17)(H,15,16). The lowest BCUT2D eigenvalue weighted by atomic mass is 9.91. The van der Waals surface area contributed by atoms with Gasteiger partial charge in [0.15, 0.2) is 0 Å². The second-order valence-corrected chi connectivity index (χ2v) is 4.57. The molecule has 1 rings (SSSR count). The summed E-state index contributed by atoms with van der Waals surface area (Å²) in [5, 5.41) is 11.4. The number of amides is 2. The van der Waals surface area contributed by atoms with Gasteiger partial charge in [-0.05, 0) is 12.8 Å². The molecule has 17 heavy (non-hydrogen) atoms. The summed E-state index contributed by atoms with van der Waals surface area (Å²) in [6.07, 6.45) is 3.99. The number of carbonyl (C=O) groups is 2. The lowest BCUT2D eigenvalue weighted by Gasteiger charge is -2.31. The molecule has 0 heterocycles. The van der Waals surface area contributed by atoms with Crippen molar-refractivity contribution in [3.8, 4) is 0 Å². The van der Waals surface area contributed by atoms with E-state index in [1.54, 1.807) is 7.05 Å². The number of carbonyl (C=O) groups excluding carboxylic acids is 1. The maximum absolute atomic E-state index is 11.7. The number of carboxylic acids is 1. The van der Waals surface area contributed by atoms with Crippen LogP contribution in [0.5, 0.6) is 0 Å². The second-order valence-electron chi connectivity index (χ2n) is 4.57. The van der Waals surface area contributed by atoms with Gasteiger partial charge in [-0.15, -0.1) is 0 Å². The fourth-order valence-corrected chi connectivity index (χ4v) is 1.97. The van der Waals surface area contributed by atoms with E-state index in [4.69, 9.17) is 10.8 Å². The van der Waals surface area contributed by atoms with E-state index < -0.39 is 5.97 Å². The van der Waals surface area contributed by atoms with Crippen LogP contribution in [0, 0.1) is 0 Å². The first kappa shape index (κ1) is 13.8. The summed E-state index contributed by atoms with van der Waals surface area (Å²) in [6, 6.07) is -0.210. The predicted molar refractivity (Wildman–Crippen MR) is 63.6 cm³/mol. The minimum Gasteiger partial charge on any atom is -0.481 e. The third-order valence-corrected chi connectivity index (χ3v) is 3.14. The number of hydrogen-bond donors (Lipinski definition) is 3. The Hall–Kier alpha value is -1.30. The zero-order valence-electron chi connectivity index (χ0n) is 10.2. The molecule has 0 radical (unpaired) electrons. The SMILES string of the molecule is CN(CCC(=O)O)C(=O)NC1CCCCC1N. The van der Waals surface area contributed by atoms with Gasteiger partial charge in [0, 0.05) is 25.7 Å². The van der Waals surface area contributed by atoms with Gasteiger partial charge in [0.25, 0.3) is 0 Å². The molecule has 0 saturated heterocycles. The molecule has 0 aromatic heterocycles. The molecule has 1 fully saturated rings. The van der Waals surface area contributed by atoms with Crippen LogP contribution in [-0.2, 0) is 4.79 Å². The van der Waals surface area contributed by atoms with E-state index in [0.29, 0.717) is 0 Å². The van der Waals surface area contributed by atoms with E-state index in [0.717, 1.165) is 25.7 Å². The van der Waals surface area contributed by atoms with E-state index in [1.807, 2.05) is 0 Å². The average molecular weight is 243 g/mol. The number of hydrogen-bond acceptors (Lipinski definition) is 3. The molecular formula is C11H21N3O3. The molecule has 1 aliphatic rings. The second kappa shape index (κ2) is 6.44. The van der Waals surface area contributed by atoms with Crippen molar-refractivity contribution >= 4 is 12.0 Å². The van der Waals surface area contributed by atoms with Crippen molar-refractivity contribution in [1.29, 1.82) is 0 Å². The molecular weight excluding hydrogens is 222 g/mol. The van der Waals surface area contributed by atoms with Crippen LogP contribution in [0.4, 0.5) is 4.79 Å². The van der Waals surface area contributed by atoms with Crippen LogP contribution >= 0.6 is 0 Å². The summed E-state index contributed by atoms with van der Waals surface area (Å²) in [5.41, 5.74) is 5.92. The first-order chi connectivity index (χ1) is 8.00. The predicted octanol–water partition coefficient (Wildman–Crippen LogP) is 0.372. The molecule has 6 heteroatoms. The van der Waals surface area contributed by atoms with Crippen LogP contribution in [0.3, 0.4) is 0 Å². The fourth-order valence-electron chi connectivity index (χ4n) is 1.97. The Balaban J connectivity index is 2.34. The molecule has 2 unspecified atom stereocenters. The highest BCUT2D eigenvalue weighted by atomic mass is 16.4. The van der Waals surface area contributed by atoms with Crippen molar-refractivity contribution in [2.24, 2.45) is 5.73 Å². The van der Waals surface area contributed by atoms with Crippen molar-refractivity contribution in [3.05, 3.63) is 0 Å². The third kappa shape index (κ3) is 4.60. The average Bonchev–Trinajstić information content (AvgIpc) is 2.28. The Morgan fingerprint density at radius 3 is 2.65 bits per heavy atom. The Bertz CT molecular complexity index is 283. The molecule has 1 aliphatic carbocycles. The van der Waals surface area contributed by atoms with E-state index in [1.165, 1.54) is 4.90 Å². The van der Waals surface area contributed by atoms with Crippen LogP contribution in [0.25, 0.3) is 0 Å². The number of nitrogens with zero attached hydrogens (tertiary/aromatic N) is 1. The van der Waals surface area contributed by atoms with Crippen molar-refractivity contribution in [2.45, 2.75) is 44.2 Å². The number of nitrogens with one attached hydrogen (secondary N) is 1. The molecule has 0 aromatic carbocycles. The fraction of sp³-hybridized carbons (Fsp3) is 0.818. The van der Waals surface area contributed by atoms with Crippen molar-refractivity contribution in [3.63, 3.8) is 0 Å². The summed E-state index contributed by atoms with van der Waals surface area (Å²) >= 11 is 0. The highest BCUT2D eigenvalue weighted by molar-refractivity contribution is 5.75. The quantitative estimate of drug-likeness (QED) is 0.664. The van der Waals surface area contributed by atoms with E-state index in [9.17, 15) is 9.59 Å². The van der Waals surface area contributed by atoms with Crippen molar-refractivity contribution in [2.75, 3.05) is 13.6 Å². The van der Waals surface area contributed by atoms with Gasteiger partial charge in [0.1, 0.15) is 0 Å². The van der Waals surface area contributed by atoms with Gasteiger partial charge in [-0.2, -0.15) is 0 Å². The molecule has 1 saturated carbocycles. The maximum Gasteiger partial charge on any atom is 0.317 e. The summed E-state index contributed by atoms with van der Waals surface area (Å²) in [5.74, 6) is -0.904. The first-order valence-electron chi connectivity index (χ1n) is 5.99. The maximum atomic E-state index is 11.7. The van der Waals surface area contributed by atoms with E-state index >= 15 is 0 Å². The first-order valence-corrected chi connectivity index (χ1v) is 5.99. The number of aliphatic carboxylic acids is 1. The van der Waals surface area contributed by atoms with Gasteiger partial charge < -0.3 is 21.1 Å². The minimum atomic E-state index is -0.904. The summed E-state index contributed by atoms with van der Waals surface area (Å²) in [4.78, 5) is 23.5. The number of nitrogens with two attached hydrogens (primary N) is 1. The van der Waals surface area contributed by atoms with Crippen molar-refractivity contribution in [1.82, 2.24) is 10.2 Å². The molecule has 0 spiro atoms. The van der Waals surface area contributed by atoms with Gasteiger partial charge in [-0.1, -0.05) is 12.8 Å². The van der Waals surface area contributed by atoms with Gasteiger partial charge >= 0.3 is 12.0 Å². The van der Waals surface area contributed by atoms with E-state index in [-0.39, 0.29) is 31.1 Å². The van der Waals surface area contributed by atoms with Crippen LogP contribution in [-0.4, -0.2) is 47.7 Å². The molecule has 2 amide bonds.